The molecule has 0 aliphatic rings. The van der Waals surface area contributed by atoms with Crippen LogP contribution >= 0.6 is 0 Å². The molecular weight excluding hydrogens is 382 g/mol. The number of hydrogen-bond donors (Lipinski definition) is 0. The molecule has 8 nitrogen and oxygen atoms in total. The normalized spacial score (nSPS) is 11.7. The number of pyridine rings is 2. The zero-order valence-electron chi connectivity index (χ0n) is 17.4. The van der Waals surface area contributed by atoms with E-state index in [4.69, 9.17) is 9.72 Å². The predicted molar refractivity (Wildman–Crippen MR) is 113 cm³/mol. The first-order valence-corrected chi connectivity index (χ1v) is 9.87. The quantitative estimate of drug-likeness (QED) is 0.472. The van der Waals surface area contributed by atoms with Crippen molar-refractivity contribution in [2.24, 2.45) is 0 Å². The van der Waals surface area contributed by atoms with Crippen LogP contribution in [0.1, 0.15) is 61.4 Å². The van der Waals surface area contributed by atoms with Crippen molar-refractivity contribution in [3.63, 3.8) is 0 Å². The first kappa shape index (κ1) is 19.8. The third kappa shape index (κ3) is 3.56. The maximum absolute atomic E-state index is 12.9. The molecule has 4 aromatic heterocycles. The van der Waals surface area contributed by atoms with E-state index in [2.05, 4.69) is 10.1 Å². The molecule has 0 spiro atoms. The van der Waals surface area contributed by atoms with E-state index >= 15 is 0 Å². The predicted octanol–water partition coefficient (Wildman–Crippen LogP) is 3.50. The van der Waals surface area contributed by atoms with Gasteiger partial charge in [-0.1, -0.05) is 19.9 Å². The lowest BCUT2D eigenvalue weighted by Crippen LogP contribution is -2.16. The summed E-state index contributed by atoms with van der Waals surface area (Å²) in [4.78, 5) is 34.3. The molecule has 0 atom stereocenters. The number of aromatic nitrogens is 5. The van der Waals surface area contributed by atoms with Crippen LogP contribution < -0.4 is 5.56 Å². The minimum absolute atomic E-state index is 0.0986. The van der Waals surface area contributed by atoms with Crippen molar-refractivity contribution in [1.29, 1.82) is 0 Å². The van der Waals surface area contributed by atoms with Gasteiger partial charge in [-0.25, -0.2) is 19.4 Å². The van der Waals surface area contributed by atoms with Crippen molar-refractivity contribution in [2.75, 3.05) is 0 Å². The van der Waals surface area contributed by atoms with E-state index in [1.807, 2.05) is 27.7 Å². The highest BCUT2D eigenvalue weighted by molar-refractivity contribution is 6.02. The van der Waals surface area contributed by atoms with Crippen LogP contribution in [0.2, 0.25) is 0 Å². The Morgan fingerprint density at radius 3 is 2.67 bits per heavy atom. The van der Waals surface area contributed by atoms with Crippen LogP contribution in [0, 0.1) is 0 Å². The molecule has 0 aliphatic carbocycles. The molecule has 8 heteroatoms. The number of esters is 1. The molecular formula is C22H23N5O3. The van der Waals surface area contributed by atoms with Gasteiger partial charge < -0.3 is 4.74 Å². The summed E-state index contributed by atoms with van der Waals surface area (Å²) in [5, 5.41) is 5.04. The molecule has 0 bridgehead atoms. The number of hydrogen-bond acceptors (Lipinski definition) is 6. The number of carbonyl (C=O) groups excluding carboxylic acids is 1. The number of carbonyl (C=O) groups is 1. The van der Waals surface area contributed by atoms with Crippen molar-refractivity contribution in [2.45, 2.75) is 46.3 Å². The van der Waals surface area contributed by atoms with Crippen LogP contribution in [0.3, 0.4) is 0 Å². The van der Waals surface area contributed by atoms with Crippen LogP contribution in [0.15, 0.2) is 47.5 Å². The first-order valence-electron chi connectivity index (χ1n) is 9.87. The Bertz CT molecular complexity index is 1300. The Balaban J connectivity index is 1.67. The first-order chi connectivity index (χ1) is 14.3. The lowest BCUT2D eigenvalue weighted by molar-refractivity contribution is 0.0470. The fraction of sp³-hybridized carbons (Fsp3) is 0.318. The molecule has 0 fully saturated rings. The second kappa shape index (κ2) is 7.70. The molecule has 0 radical (unpaired) electrons. The average molecular weight is 405 g/mol. The summed E-state index contributed by atoms with van der Waals surface area (Å²) in [5.74, 6) is -0.360. The van der Waals surface area contributed by atoms with E-state index in [9.17, 15) is 9.59 Å². The Morgan fingerprint density at radius 2 is 1.93 bits per heavy atom. The summed E-state index contributed by atoms with van der Waals surface area (Å²) in [7, 11) is 0. The SMILES string of the molecule is CC(C)c1cc(C(=O)OCc2cc(=O)n3ccccc3n2)c2cnn(C(C)C)c2n1. The standard InChI is InChI=1S/C22H23N5O3/c1-13(2)18-10-16(17-11-23-27(14(3)4)21(17)25-18)22(29)30-12-15-9-20(28)26-8-6-5-7-19(26)24-15/h5-11,13-14H,12H2,1-4H3. The average Bonchev–Trinajstić information content (AvgIpc) is 3.15. The fourth-order valence-electron chi connectivity index (χ4n) is 3.27. The van der Waals surface area contributed by atoms with Gasteiger partial charge in [0, 0.05) is 24.0 Å². The highest BCUT2D eigenvalue weighted by Crippen LogP contribution is 2.25. The van der Waals surface area contributed by atoms with E-state index in [-0.39, 0.29) is 24.1 Å². The Morgan fingerprint density at radius 1 is 1.13 bits per heavy atom. The number of fused-ring (bicyclic) bond motifs is 2. The lowest BCUT2D eigenvalue weighted by atomic mass is 10.1. The minimum atomic E-state index is -0.498. The molecule has 0 aromatic carbocycles. The van der Waals surface area contributed by atoms with Crippen LogP contribution in [-0.2, 0) is 11.3 Å². The van der Waals surface area contributed by atoms with Gasteiger partial charge in [-0.15, -0.1) is 0 Å². The van der Waals surface area contributed by atoms with Gasteiger partial charge in [-0.05, 0) is 38.0 Å². The number of nitrogens with zero attached hydrogens (tertiary/aromatic N) is 5. The number of ether oxygens (including phenoxy) is 1. The maximum atomic E-state index is 12.9. The Hall–Kier alpha value is -3.55. The zero-order valence-corrected chi connectivity index (χ0v) is 17.4. The van der Waals surface area contributed by atoms with E-state index in [1.165, 1.54) is 10.5 Å². The Kier molecular flexibility index (Phi) is 5.07. The van der Waals surface area contributed by atoms with Crippen LogP contribution in [-0.4, -0.2) is 30.1 Å². The maximum Gasteiger partial charge on any atom is 0.339 e. The van der Waals surface area contributed by atoms with Gasteiger partial charge in [0.2, 0.25) is 0 Å². The van der Waals surface area contributed by atoms with Gasteiger partial charge in [0.15, 0.2) is 5.65 Å². The van der Waals surface area contributed by atoms with Crippen molar-refractivity contribution in [3.05, 3.63) is 70.0 Å². The fourth-order valence-corrected chi connectivity index (χ4v) is 3.27. The zero-order chi connectivity index (χ0) is 21.4. The summed E-state index contributed by atoms with van der Waals surface area (Å²) in [6.07, 6.45) is 3.29. The van der Waals surface area contributed by atoms with Crippen molar-refractivity contribution >= 4 is 22.6 Å². The highest BCUT2D eigenvalue weighted by atomic mass is 16.5. The van der Waals surface area contributed by atoms with Gasteiger partial charge in [-0.3, -0.25) is 9.20 Å². The molecule has 4 heterocycles. The van der Waals surface area contributed by atoms with Gasteiger partial charge in [0.1, 0.15) is 12.3 Å². The smallest absolute Gasteiger partial charge is 0.339 e. The second-order valence-corrected chi connectivity index (χ2v) is 7.76. The van der Waals surface area contributed by atoms with Gasteiger partial charge in [0.25, 0.3) is 5.56 Å². The number of rotatable bonds is 5. The van der Waals surface area contributed by atoms with Gasteiger partial charge >= 0.3 is 5.97 Å². The third-order valence-corrected chi connectivity index (χ3v) is 4.86. The van der Waals surface area contributed by atoms with Crippen molar-refractivity contribution < 1.29 is 9.53 Å². The summed E-state index contributed by atoms with van der Waals surface area (Å²) in [6, 6.07) is 8.52. The topological polar surface area (TPSA) is 91.4 Å². The molecule has 0 saturated carbocycles. The summed E-state index contributed by atoms with van der Waals surface area (Å²) in [6.45, 7) is 7.96. The summed E-state index contributed by atoms with van der Waals surface area (Å²) >= 11 is 0. The van der Waals surface area contributed by atoms with Crippen LogP contribution in [0.4, 0.5) is 0 Å². The summed E-state index contributed by atoms with van der Waals surface area (Å²) in [5.41, 5.74) is 2.53. The van der Waals surface area contributed by atoms with Crippen molar-refractivity contribution in [1.82, 2.24) is 24.1 Å². The van der Waals surface area contributed by atoms with E-state index in [1.54, 1.807) is 41.3 Å². The molecule has 0 N–H and O–H groups in total. The van der Waals surface area contributed by atoms with E-state index in [0.29, 0.717) is 27.9 Å². The monoisotopic (exact) mass is 405 g/mol. The second-order valence-electron chi connectivity index (χ2n) is 7.76. The molecule has 4 aromatic rings. The lowest BCUT2D eigenvalue weighted by Gasteiger charge is -2.12. The van der Waals surface area contributed by atoms with Gasteiger partial charge in [0.05, 0.1) is 22.8 Å². The molecule has 4 rings (SSSR count). The van der Waals surface area contributed by atoms with Crippen LogP contribution in [0.5, 0.6) is 0 Å². The third-order valence-electron chi connectivity index (χ3n) is 4.86. The minimum Gasteiger partial charge on any atom is -0.456 e. The molecule has 154 valence electrons. The largest absolute Gasteiger partial charge is 0.456 e. The molecule has 0 aliphatic heterocycles. The molecule has 0 unspecified atom stereocenters. The van der Waals surface area contributed by atoms with E-state index < -0.39 is 5.97 Å². The summed E-state index contributed by atoms with van der Waals surface area (Å²) < 4.78 is 8.75. The van der Waals surface area contributed by atoms with E-state index in [0.717, 1.165) is 5.69 Å². The molecule has 0 saturated heterocycles. The molecule has 0 amide bonds. The van der Waals surface area contributed by atoms with Gasteiger partial charge in [-0.2, -0.15) is 5.10 Å². The highest BCUT2D eigenvalue weighted by Gasteiger charge is 2.20. The van der Waals surface area contributed by atoms with Crippen molar-refractivity contribution in [3.8, 4) is 0 Å². The Labute approximate surface area is 173 Å². The van der Waals surface area contributed by atoms with Crippen LogP contribution in [0.25, 0.3) is 16.7 Å². The molecule has 30 heavy (non-hydrogen) atoms.